The first-order valence-corrected chi connectivity index (χ1v) is 4.69. The summed E-state index contributed by atoms with van der Waals surface area (Å²) in [6.07, 6.45) is 4.16. The van der Waals surface area contributed by atoms with E-state index in [2.05, 4.69) is 32.7 Å². The highest BCUT2D eigenvalue weighted by Crippen LogP contribution is 2.28. The van der Waals surface area contributed by atoms with Crippen LogP contribution in [0, 0.1) is 5.41 Å². The van der Waals surface area contributed by atoms with Crippen molar-refractivity contribution in [1.29, 1.82) is 0 Å². The van der Waals surface area contributed by atoms with Crippen LogP contribution >= 0.6 is 0 Å². The molecule has 1 heterocycles. The van der Waals surface area contributed by atoms with Crippen LogP contribution in [-0.4, -0.2) is 24.5 Å². The largest absolute Gasteiger partial charge is 0.303 e. The summed E-state index contributed by atoms with van der Waals surface area (Å²) in [5.74, 6) is 0. The molecular formula is C11H25N. The summed E-state index contributed by atoms with van der Waals surface area (Å²) in [5, 5.41) is 0. The van der Waals surface area contributed by atoms with Crippen LogP contribution in [0.4, 0.5) is 0 Å². The van der Waals surface area contributed by atoms with Gasteiger partial charge in [0.05, 0.1) is 0 Å². The third-order valence-corrected chi connectivity index (χ3v) is 2.52. The summed E-state index contributed by atoms with van der Waals surface area (Å²) in [6, 6.07) is 0.856. The van der Waals surface area contributed by atoms with Crippen LogP contribution in [0.25, 0.3) is 0 Å². The predicted molar refractivity (Wildman–Crippen MR) is 56.5 cm³/mol. The molecule has 0 N–H and O–H groups in total. The molecule has 0 spiro atoms. The van der Waals surface area contributed by atoms with E-state index in [1.54, 1.807) is 0 Å². The Balaban J connectivity index is 0.00000121. The fourth-order valence-corrected chi connectivity index (χ4v) is 1.94. The SMILES string of the molecule is C.CN1CCC[C@H]1CC(C)(C)C. The molecule has 1 fully saturated rings. The predicted octanol–water partition coefficient (Wildman–Crippen LogP) is 3.15. The molecule has 1 saturated heterocycles. The van der Waals surface area contributed by atoms with Crippen molar-refractivity contribution in [2.45, 2.75) is 53.5 Å². The third-order valence-electron chi connectivity index (χ3n) is 2.52. The zero-order valence-corrected chi connectivity index (χ0v) is 8.35. The maximum absolute atomic E-state index is 2.51. The molecule has 0 bridgehead atoms. The topological polar surface area (TPSA) is 3.24 Å². The van der Waals surface area contributed by atoms with Gasteiger partial charge in [0.25, 0.3) is 0 Å². The molecule has 0 unspecified atom stereocenters. The van der Waals surface area contributed by atoms with Gasteiger partial charge in [-0.3, -0.25) is 0 Å². The first kappa shape index (κ1) is 12.0. The lowest BCUT2D eigenvalue weighted by Gasteiger charge is -2.27. The lowest BCUT2D eigenvalue weighted by molar-refractivity contribution is 0.224. The summed E-state index contributed by atoms with van der Waals surface area (Å²) in [4.78, 5) is 2.51. The molecule has 0 saturated carbocycles. The van der Waals surface area contributed by atoms with Crippen molar-refractivity contribution in [3.8, 4) is 0 Å². The average molecular weight is 171 g/mol. The fraction of sp³-hybridized carbons (Fsp3) is 1.00. The molecule has 0 amide bonds. The molecule has 1 rings (SSSR count). The first-order chi connectivity index (χ1) is 4.99. The summed E-state index contributed by atoms with van der Waals surface area (Å²) in [7, 11) is 2.25. The highest BCUT2D eigenvalue weighted by molar-refractivity contribution is 4.80. The van der Waals surface area contributed by atoms with Crippen molar-refractivity contribution in [1.82, 2.24) is 4.90 Å². The maximum atomic E-state index is 2.51. The van der Waals surface area contributed by atoms with Gasteiger partial charge in [-0.25, -0.2) is 0 Å². The Labute approximate surface area is 78.1 Å². The van der Waals surface area contributed by atoms with E-state index in [4.69, 9.17) is 0 Å². The van der Waals surface area contributed by atoms with Crippen LogP contribution < -0.4 is 0 Å². The van der Waals surface area contributed by atoms with Gasteiger partial charge in [0, 0.05) is 6.04 Å². The molecule has 12 heavy (non-hydrogen) atoms. The summed E-state index contributed by atoms with van der Waals surface area (Å²) in [5.41, 5.74) is 0.503. The van der Waals surface area contributed by atoms with E-state index in [0.717, 1.165) is 6.04 Å². The zero-order chi connectivity index (χ0) is 8.48. The van der Waals surface area contributed by atoms with Crippen LogP contribution in [-0.2, 0) is 0 Å². The maximum Gasteiger partial charge on any atom is 0.00976 e. The van der Waals surface area contributed by atoms with Gasteiger partial charge in [-0.1, -0.05) is 28.2 Å². The number of likely N-dealkylation sites (tertiary alicyclic amines) is 1. The Bertz CT molecular complexity index is 123. The quantitative estimate of drug-likeness (QED) is 0.586. The van der Waals surface area contributed by atoms with Crippen molar-refractivity contribution in [3.05, 3.63) is 0 Å². The van der Waals surface area contributed by atoms with Gasteiger partial charge in [-0.15, -0.1) is 0 Å². The van der Waals surface area contributed by atoms with E-state index in [1.165, 1.54) is 25.8 Å². The monoisotopic (exact) mass is 171 g/mol. The molecule has 0 aliphatic carbocycles. The molecule has 1 nitrogen and oxygen atoms in total. The molecule has 0 aromatic carbocycles. The minimum Gasteiger partial charge on any atom is -0.303 e. The van der Waals surface area contributed by atoms with Crippen molar-refractivity contribution in [3.63, 3.8) is 0 Å². The third kappa shape index (κ3) is 3.57. The Morgan fingerprint density at radius 3 is 2.25 bits per heavy atom. The number of hydrogen-bond donors (Lipinski definition) is 0. The molecular weight excluding hydrogens is 146 g/mol. The van der Waals surface area contributed by atoms with Crippen LogP contribution in [0.1, 0.15) is 47.5 Å². The molecule has 0 radical (unpaired) electrons. The number of hydrogen-bond acceptors (Lipinski definition) is 1. The van der Waals surface area contributed by atoms with Crippen molar-refractivity contribution < 1.29 is 0 Å². The first-order valence-electron chi connectivity index (χ1n) is 4.69. The van der Waals surface area contributed by atoms with Crippen molar-refractivity contribution in [2.75, 3.05) is 13.6 Å². The van der Waals surface area contributed by atoms with Gasteiger partial charge in [-0.05, 0) is 38.3 Å². The molecule has 1 aliphatic heterocycles. The molecule has 1 atom stereocenters. The minimum atomic E-state index is 0. The summed E-state index contributed by atoms with van der Waals surface area (Å²) < 4.78 is 0. The Kier molecular flexibility index (Phi) is 4.25. The van der Waals surface area contributed by atoms with Crippen molar-refractivity contribution in [2.24, 2.45) is 5.41 Å². The van der Waals surface area contributed by atoms with E-state index in [0.29, 0.717) is 5.41 Å². The van der Waals surface area contributed by atoms with E-state index in [9.17, 15) is 0 Å². The van der Waals surface area contributed by atoms with Crippen LogP contribution in [0.15, 0.2) is 0 Å². The van der Waals surface area contributed by atoms with Gasteiger partial charge in [0.15, 0.2) is 0 Å². The van der Waals surface area contributed by atoms with E-state index in [1.807, 2.05) is 0 Å². The second-order valence-corrected chi connectivity index (χ2v) is 5.04. The lowest BCUT2D eigenvalue weighted by Crippen LogP contribution is -2.29. The molecule has 0 aromatic rings. The van der Waals surface area contributed by atoms with Crippen LogP contribution in [0.3, 0.4) is 0 Å². The average Bonchev–Trinajstić information content (AvgIpc) is 2.12. The van der Waals surface area contributed by atoms with Gasteiger partial charge >= 0.3 is 0 Å². The molecule has 0 aromatic heterocycles. The van der Waals surface area contributed by atoms with Crippen LogP contribution in [0.5, 0.6) is 0 Å². The van der Waals surface area contributed by atoms with Crippen molar-refractivity contribution >= 4 is 0 Å². The minimum absolute atomic E-state index is 0. The van der Waals surface area contributed by atoms with Gasteiger partial charge < -0.3 is 4.90 Å². The second kappa shape index (κ2) is 4.27. The van der Waals surface area contributed by atoms with Gasteiger partial charge in [0.2, 0.25) is 0 Å². The molecule has 74 valence electrons. The highest BCUT2D eigenvalue weighted by Gasteiger charge is 2.25. The number of rotatable bonds is 1. The fourth-order valence-electron chi connectivity index (χ4n) is 1.94. The van der Waals surface area contributed by atoms with E-state index < -0.39 is 0 Å². The Hall–Kier alpha value is -0.0400. The normalized spacial score (nSPS) is 25.5. The zero-order valence-electron chi connectivity index (χ0n) is 8.35. The summed E-state index contributed by atoms with van der Waals surface area (Å²) >= 11 is 0. The smallest absolute Gasteiger partial charge is 0.00976 e. The van der Waals surface area contributed by atoms with Gasteiger partial charge in [0.1, 0.15) is 0 Å². The Morgan fingerprint density at radius 1 is 1.33 bits per heavy atom. The summed E-state index contributed by atoms with van der Waals surface area (Å²) in [6.45, 7) is 8.30. The highest BCUT2D eigenvalue weighted by atomic mass is 15.1. The van der Waals surface area contributed by atoms with E-state index >= 15 is 0 Å². The van der Waals surface area contributed by atoms with E-state index in [-0.39, 0.29) is 7.43 Å². The standard InChI is InChI=1S/C10H21N.CH4/c1-10(2,3)8-9-6-5-7-11(9)4;/h9H,5-8H2,1-4H3;1H4/t9-;/m0./s1. The molecule has 1 aliphatic rings. The number of nitrogens with zero attached hydrogens (tertiary/aromatic N) is 1. The Morgan fingerprint density at radius 2 is 1.92 bits per heavy atom. The lowest BCUT2D eigenvalue weighted by atomic mass is 9.87. The van der Waals surface area contributed by atoms with Crippen LogP contribution in [0.2, 0.25) is 0 Å². The van der Waals surface area contributed by atoms with Gasteiger partial charge in [-0.2, -0.15) is 0 Å². The second-order valence-electron chi connectivity index (χ2n) is 5.04. The molecule has 1 heteroatoms.